The van der Waals surface area contributed by atoms with Gasteiger partial charge in [0.05, 0.1) is 0 Å². The summed E-state index contributed by atoms with van der Waals surface area (Å²) in [5.41, 5.74) is 1.56. The smallest absolute Gasteiger partial charge is 0.415 e. The van der Waals surface area contributed by atoms with E-state index in [4.69, 9.17) is 4.74 Å². The number of ether oxygens (including phenoxy) is 1. The van der Waals surface area contributed by atoms with Gasteiger partial charge < -0.3 is 15.0 Å². The number of pyridine rings is 1. The molecule has 2 aromatic rings. The summed E-state index contributed by atoms with van der Waals surface area (Å²) in [4.78, 5) is 28.1. The van der Waals surface area contributed by atoms with Crippen molar-refractivity contribution in [1.29, 1.82) is 0 Å². The molecular weight excluding hydrogens is 306 g/mol. The molecule has 1 amide bonds. The quantitative estimate of drug-likeness (QED) is 0.831. The zero-order valence-electron chi connectivity index (χ0n) is 13.5. The van der Waals surface area contributed by atoms with Crippen molar-refractivity contribution in [2.45, 2.75) is 13.2 Å². The molecule has 2 heterocycles. The summed E-state index contributed by atoms with van der Waals surface area (Å²) in [5, 5.41) is 3.21. The number of rotatable bonds is 2. The second-order valence-corrected chi connectivity index (χ2v) is 5.07. The first-order chi connectivity index (χ1) is 11.7. The number of hydrogen-bond acceptors (Lipinski definition) is 4. The summed E-state index contributed by atoms with van der Waals surface area (Å²) in [5.74, 6) is 0.510. The Labute approximate surface area is 140 Å². The van der Waals surface area contributed by atoms with Crippen molar-refractivity contribution in [3.63, 3.8) is 0 Å². The maximum absolute atomic E-state index is 12.4. The van der Waals surface area contributed by atoms with Gasteiger partial charge in [0.1, 0.15) is 12.4 Å². The minimum Gasteiger partial charge on any atom is -0.444 e. The van der Waals surface area contributed by atoms with Gasteiger partial charge >= 0.3 is 6.09 Å². The minimum absolute atomic E-state index is 0.204. The van der Waals surface area contributed by atoms with Gasteiger partial charge in [-0.1, -0.05) is 30.3 Å². The van der Waals surface area contributed by atoms with Crippen LogP contribution in [0.3, 0.4) is 0 Å². The standard InChI is InChI=1S/C16H17N3O3.C2H4/c20-14-7-6-13-10-17-8-9-19(15(13)18-14)16(21)22-11-12-4-2-1-3-5-12;1-2/h1-7,17H,8-11H2,(H,18,20);1-2H2. The summed E-state index contributed by atoms with van der Waals surface area (Å²) in [6, 6.07) is 12.7. The fourth-order valence-corrected chi connectivity index (χ4v) is 2.38. The monoisotopic (exact) mass is 327 g/mol. The highest BCUT2D eigenvalue weighted by Crippen LogP contribution is 2.19. The Morgan fingerprint density at radius 3 is 2.67 bits per heavy atom. The van der Waals surface area contributed by atoms with Crippen LogP contribution in [0.4, 0.5) is 10.6 Å². The lowest BCUT2D eigenvalue weighted by molar-refractivity contribution is 0.147. The van der Waals surface area contributed by atoms with Crippen LogP contribution in [0.1, 0.15) is 11.1 Å². The lowest BCUT2D eigenvalue weighted by Gasteiger charge is -2.21. The molecule has 3 rings (SSSR count). The molecule has 0 radical (unpaired) electrons. The second-order valence-electron chi connectivity index (χ2n) is 5.07. The Bertz CT molecular complexity index is 728. The van der Waals surface area contributed by atoms with Crippen molar-refractivity contribution in [3.05, 3.63) is 77.1 Å². The van der Waals surface area contributed by atoms with E-state index in [1.165, 1.54) is 11.0 Å². The maximum atomic E-state index is 12.4. The summed E-state index contributed by atoms with van der Waals surface area (Å²) >= 11 is 0. The van der Waals surface area contributed by atoms with Crippen LogP contribution < -0.4 is 15.8 Å². The number of aromatic amines is 1. The average Bonchev–Trinajstić information content (AvgIpc) is 2.84. The number of benzene rings is 1. The van der Waals surface area contributed by atoms with E-state index in [1.807, 2.05) is 30.3 Å². The van der Waals surface area contributed by atoms with E-state index in [9.17, 15) is 9.59 Å². The molecule has 0 atom stereocenters. The number of nitrogens with zero attached hydrogens (tertiary/aromatic N) is 1. The molecule has 1 aliphatic heterocycles. The number of fused-ring (bicyclic) bond motifs is 1. The number of hydrogen-bond donors (Lipinski definition) is 2. The highest BCUT2D eigenvalue weighted by molar-refractivity contribution is 5.87. The maximum Gasteiger partial charge on any atom is 0.415 e. The number of carbonyl (C=O) groups excluding carboxylic acids is 1. The summed E-state index contributed by atoms with van der Waals surface area (Å²) in [6.07, 6.45) is -0.462. The van der Waals surface area contributed by atoms with Crippen LogP contribution in [0, 0.1) is 0 Å². The van der Waals surface area contributed by atoms with Gasteiger partial charge in [-0.05, 0) is 11.6 Å². The molecule has 0 aliphatic carbocycles. The number of aromatic nitrogens is 1. The van der Waals surface area contributed by atoms with E-state index >= 15 is 0 Å². The Morgan fingerprint density at radius 2 is 1.92 bits per heavy atom. The van der Waals surface area contributed by atoms with Gasteiger partial charge in [-0.15, -0.1) is 13.2 Å². The van der Waals surface area contributed by atoms with E-state index in [0.717, 1.165) is 11.1 Å². The third-order valence-electron chi connectivity index (χ3n) is 3.50. The molecule has 0 saturated carbocycles. The van der Waals surface area contributed by atoms with Gasteiger partial charge in [0.2, 0.25) is 5.56 Å². The van der Waals surface area contributed by atoms with E-state index in [1.54, 1.807) is 6.07 Å². The molecule has 6 nitrogen and oxygen atoms in total. The lowest BCUT2D eigenvalue weighted by atomic mass is 10.2. The fraction of sp³-hybridized carbons (Fsp3) is 0.222. The number of nitrogens with one attached hydrogen (secondary N) is 2. The van der Waals surface area contributed by atoms with Crippen LogP contribution in [0.15, 0.2) is 60.4 Å². The average molecular weight is 327 g/mol. The van der Waals surface area contributed by atoms with Gasteiger partial charge in [0, 0.05) is 31.3 Å². The Balaban J connectivity index is 0.00000100. The van der Waals surface area contributed by atoms with Crippen molar-refractivity contribution in [3.8, 4) is 0 Å². The van der Waals surface area contributed by atoms with Gasteiger partial charge in [0.15, 0.2) is 0 Å². The third-order valence-corrected chi connectivity index (χ3v) is 3.50. The Hall–Kier alpha value is -2.86. The fourth-order valence-electron chi connectivity index (χ4n) is 2.38. The zero-order valence-corrected chi connectivity index (χ0v) is 13.5. The van der Waals surface area contributed by atoms with Crippen molar-refractivity contribution in [2.24, 2.45) is 0 Å². The largest absolute Gasteiger partial charge is 0.444 e. The number of anilines is 1. The first kappa shape index (κ1) is 17.5. The van der Waals surface area contributed by atoms with E-state index in [2.05, 4.69) is 23.5 Å². The number of carbonyl (C=O) groups is 1. The van der Waals surface area contributed by atoms with Crippen LogP contribution in [0.5, 0.6) is 0 Å². The molecule has 24 heavy (non-hydrogen) atoms. The van der Waals surface area contributed by atoms with Gasteiger partial charge in [-0.3, -0.25) is 9.69 Å². The van der Waals surface area contributed by atoms with Crippen molar-refractivity contribution in [1.82, 2.24) is 10.3 Å². The molecule has 6 heteroatoms. The molecule has 2 N–H and O–H groups in total. The van der Waals surface area contributed by atoms with Crippen molar-refractivity contribution in [2.75, 3.05) is 18.0 Å². The normalized spacial score (nSPS) is 13.1. The number of H-pyrrole nitrogens is 1. The van der Waals surface area contributed by atoms with Crippen LogP contribution in [-0.2, 0) is 17.9 Å². The van der Waals surface area contributed by atoms with Gasteiger partial charge in [0.25, 0.3) is 0 Å². The molecule has 0 bridgehead atoms. The van der Waals surface area contributed by atoms with Gasteiger partial charge in [-0.2, -0.15) is 0 Å². The third kappa shape index (κ3) is 4.33. The summed E-state index contributed by atoms with van der Waals surface area (Å²) in [7, 11) is 0. The SMILES string of the molecule is C=C.O=C(OCc1ccccc1)N1CCNCc2ccc(=O)[nH]c21. The molecular formula is C18H21N3O3. The van der Waals surface area contributed by atoms with E-state index in [-0.39, 0.29) is 12.2 Å². The van der Waals surface area contributed by atoms with E-state index < -0.39 is 6.09 Å². The molecule has 1 aromatic carbocycles. The predicted octanol–water partition coefficient (Wildman–Crippen LogP) is 2.42. The minimum atomic E-state index is -0.462. The molecule has 126 valence electrons. The predicted molar refractivity (Wildman–Crippen MR) is 94.0 cm³/mol. The number of amides is 1. The first-order valence-electron chi connectivity index (χ1n) is 7.65. The Morgan fingerprint density at radius 1 is 1.17 bits per heavy atom. The molecule has 0 unspecified atom stereocenters. The highest BCUT2D eigenvalue weighted by atomic mass is 16.6. The molecule has 0 spiro atoms. The summed E-state index contributed by atoms with van der Waals surface area (Å²) < 4.78 is 5.36. The molecule has 0 fully saturated rings. The van der Waals surface area contributed by atoms with Gasteiger partial charge in [-0.25, -0.2) is 4.79 Å². The van der Waals surface area contributed by atoms with Crippen molar-refractivity contribution < 1.29 is 9.53 Å². The van der Waals surface area contributed by atoms with Crippen LogP contribution in [0.25, 0.3) is 0 Å². The van der Waals surface area contributed by atoms with Crippen LogP contribution >= 0.6 is 0 Å². The topological polar surface area (TPSA) is 74.4 Å². The zero-order chi connectivity index (χ0) is 17.4. The highest BCUT2D eigenvalue weighted by Gasteiger charge is 2.23. The van der Waals surface area contributed by atoms with Crippen molar-refractivity contribution >= 4 is 11.9 Å². The van der Waals surface area contributed by atoms with E-state index in [0.29, 0.717) is 25.5 Å². The Kier molecular flexibility index (Phi) is 6.33. The van der Waals surface area contributed by atoms with Crippen LogP contribution in [0.2, 0.25) is 0 Å². The first-order valence-corrected chi connectivity index (χ1v) is 7.65. The van der Waals surface area contributed by atoms with Crippen LogP contribution in [-0.4, -0.2) is 24.2 Å². The molecule has 1 aromatic heterocycles. The lowest BCUT2D eigenvalue weighted by Crippen LogP contribution is -2.36. The molecule has 0 saturated heterocycles. The second kappa shape index (κ2) is 8.69. The summed E-state index contributed by atoms with van der Waals surface area (Å²) in [6.45, 7) is 7.89. The molecule has 1 aliphatic rings.